The number of likely N-dealkylation sites (tertiary alicyclic amines) is 1. The summed E-state index contributed by atoms with van der Waals surface area (Å²) in [6, 6.07) is -0.665. The van der Waals surface area contributed by atoms with Crippen molar-refractivity contribution in [3.05, 3.63) is 11.6 Å². The second kappa shape index (κ2) is 11.6. The second-order valence-electron chi connectivity index (χ2n) is 12.0. The molecule has 4 fully saturated rings. The first-order valence-corrected chi connectivity index (χ1v) is 14.0. The molecule has 37 heavy (non-hydrogen) atoms. The van der Waals surface area contributed by atoms with Crippen LogP contribution in [0.4, 0.5) is 4.79 Å². The molecule has 2 amide bonds. The van der Waals surface area contributed by atoms with Gasteiger partial charge in [0.2, 0.25) is 5.91 Å². The molecule has 0 bridgehead atoms. The summed E-state index contributed by atoms with van der Waals surface area (Å²) in [6.07, 6.45) is 5.62. The van der Waals surface area contributed by atoms with Crippen LogP contribution in [0.15, 0.2) is 11.6 Å². The fraction of sp³-hybridized carbons (Fsp3) is 0.857. The summed E-state index contributed by atoms with van der Waals surface area (Å²) in [5, 5.41) is 5.81. The number of alkyl carbamates (subject to hydrolysis) is 1. The minimum atomic E-state index is -0.665. The summed E-state index contributed by atoms with van der Waals surface area (Å²) in [6.45, 7) is 14.4. The molecule has 210 valence electrons. The van der Waals surface area contributed by atoms with Crippen LogP contribution in [0.1, 0.15) is 66.7 Å². The van der Waals surface area contributed by atoms with E-state index in [0.717, 1.165) is 32.5 Å². The number of hydrogen-bond donors (Lipinski definition) is 2. The fourth-order valence-electron chi connectivity index (χ4n) is 6.36. The summed E-state index contributed by atoms with van der Waals surface area (Å²) in [4.78, 5) is 28.2. The molecule has 3 aliphatic heterocycles. The molecular formula is C28H47N3O6. The van der Waals surface area contributed by atoms with Crippen LogP contribution in [0.5, 0.6) is 0 Å². The first kappa shape index (κ1) is 28.3. The van der Waals surface area contributed by atoms with E-state index in [1.54, 1.807) is 7.11 Å². The average Bonchev–Trinajstić information content (AvgIpc) is 3.69. The zero-order valence-electron chi connectivity index (χ0n) is 23.5. The van der Waals surface area contributed by atoms with Crippen LogP contribution in [0.25, 0.3) is 0 Å². The number of epoxide rings is 2. The van der Waals surface area contributed by atoms with Crippen molar-refractivity contribution in [1.82, 2.24) is 15.5 Å². The molecule has 3 heterocycles. The molecule has 4 aliphatic rings. The van der Waals surface area contributed by atoms with E-state index in [9.17, 15) is 9.59 Å². The topological polar surface area (TPSA) is 105 Å². The average molecular weight is 522 g/mol. The fourth-order valence-corrected chi connectivity index (χ4v) is 6.36. The molecule has 3 saturated heterocycles. The summed E-state index contributed by atoms with van der Waals surface area (Å²) >= 11 is 0. The normalized spacial score (nSPS) is 35.8. The Morgan fingerprint density at radius 2 is 1.92 bits per heavy atom. The van der Waals surface area contributed by atoms with Crippen molar-refractivity contribution in [2.24, 2.45) is 11.8 Å². The van der Waals surface area contributed by atoms with E-state index in [0.29, 0.717) is 19.6 Å². The minimum Gasteiger partial charge on any atom is -0.443 e. The predicted molar refractivity (Wildman–Crippen MR) is 140 cm³/mol. The third kappa shape index (κ3) is 6.49. The third-order valence-corrected chi connectivity index (χ3v) is 8.64. The maximum Gasteiger partial charge on any atom is 0.408 e. The zero-order valence-corrected chi connectivity index (χ0v) is 23.5. The molecule has 9 heteroatoms. The molecule has 1 spiro atoms. The van der Waals surface area contributed by atoms with E-state index in [1.165, 1.54) is 18.4 Å². The van der Waals surface area contributed by atoms with Gasteiger partial charge >= 0.3 is 6.09 Å². The molecule has 0 aromatic heterocycles. The number of nitrogens with one attached hydrogen (secondary N) is 2. The van der Waals surface area contributed by atoms with Crippen molar-refractivity contribution in [3.8, 4) is 0 Å². The highest BCUT2D eigenvalue weighted by atomic mass is 16.6. The standard InChI is InChI=1S/C28H47N3O6/c1-18(2)9-10-21-27(5,37-21)24-23(34-6)20(11-12-28(24)17-35-28)36-26(33)30-22(19(3)4)25(32)29-13-16-31-14-7-8-15-31/h9,19-24H,7-8,10-17H2,1-6H3,(H,29,32)(H,30,33)/t20-,21?,22-,23-,24-,27?,28+/m1/s1. The lowest BCUT2D eigenvalue weighted by Crippen LogP contribution is -2.57. The van der Waals surface area contributed by atoms with Crippen LogP contribution in [0.3, 0.4) is 0 Å². The highest BCUT2D eigenvalue weighted by Crippen LogP contribution is 2.59. The Morgan fingerprint density at radius 3 is 2.51 bits per heavy atom. The van der Waals surface area contributed by atoms with Gasteiger partial charge in [0.1, 0.15) is 29.5 Å². The molecule has 7 atom stereocenters. The van der Waals surface area contributed by atoms with Gasteiger partial charge in [-0.05, 0) is 71.9 Å². The monoisotopic (exact) mass is 521 g/mol. The Kier molecular flexibility index (Phi) is 8.88. The van der Waals surface area contributed by atoms with Crippen LogP contribution in [-0.2, 0) is 23.7 Å². The minimum absolute atomic E-state index is 0.0399. The Morgan fingerprint density at radius 1 is 1.22 bits per heavy atom. The Labute approximate surface area is 222 Å². The Hall–Kier alpha value is -1.68. The van der Waals surface area contributed by atoms with Crippen LogP contribution in [-0.4, -0.2) is 92.4 Å². The zero-order chi connectivity index (χ0) is 26.8. The van der Waals surface area contributed by atoms with Gasteiger partial charge in [0.05, 0.1) is 18.6 Å². The lowest BCUT2D eigenvalue weighted by atomic mass is 9.68. The van der Waals surface area contributed by atoms with Crippen LogP contribution < -0.4 is 10.6 Å². The second-order valence-corrected chi connectivity index (χ2v) is 12.0. The van der Waals surface area contributed by atoms with Gasteiger partial charge in [0.25, 0.3) is 0 Å². The van der Waals surface area contributed by atoms with Crippen molar-refractivity contribution in [1.29, 1.82) is 0 Å². The van der Waals surface area contributed by atoms with Gasteiger partial charge in [-0.1, -0.05) is 25.5 Å². The largest absolute Gasteiger partial charge is 0.443 e. The highest BCUT2D eigenvalue weighted by Gasteiger charge is 2.72. The highest BCUT2D eigenvalue weighted by molar-refractivity contribution is 5.85. The van der Waals surface area contributed by atoms with Crippen molar-refractivity contribution in [2.45, 2.75) is 102 Å². The number of carbonyl (C=O) groups excluding carboxylic acids is 2. The number of rotatable bonds is 11. The number of ether oxygens (including phenoxy) is 4. The molecule has 0 aromatic carbocycles. The maximum atomic E-state index is 13.0. The first-order chi connectivity index (χ1) is 17.6. The molecule has 2 N–H and O–H groups in total. The molecule has 1 saturated carbocycles. The first-order valence-electron chi connectivity index (χ1n) is 14.0. The molecular weight excluding hydrogens is 474 g/mol. The molecule has 2 unspecified atom stereocenters. The number of carbonyl (C=O) groups is 2. The number of amides is 2. The maximum absolute atomic E-state index is 13.0. The predicted octanol–water partition coefficient (Wildman–Crippen LogP) is 3.03. The molecule has 0 radical (unpaired) electrons. The Bertz CT molecular complexity index is 849. The van der Waals surface area contributed by atoms with Gasteiger partial charge in [-0.2, -0.15) is 0 Å². The van der Waals surface area contributed by atoms with Gasteiger partial charge in [-0.3, -0.25) is 4.79 Å². The quantitative estimate of drug-likeness (QED) is 0.318. The van der Waals surface area contributed by atoms with Gasteiger partial charge in [-0.15, -0.1) is 0 Å². The summed E-state index contributed by atoms with van der Waals surface area (Å²) in [7, 11) is 1.66. The van der Waals surface area contributed by atoms with E-state index < -0.39 is 23.8 Å². The van der Waals surface area contributed by atoms with Crippen LogP contribution in [0, 0.1) is 11.8 Å². The number of allylic oxidation sites excluding steroid dienone is 1. The number of hydrogen-bond acceptors (Lipinski definition) is 7. The molecule has 1 aliphatic carbocycles. The molecule has 0 aromatic rings. The van der Waals surface area contributed by atoms with Crippen molar-refractivity contribution in [2.75, 3.05) is 39.9 Å². The molecule has 4 rings (SSSR count). The lowest BCUT2D eigenvalue weighted by molar-refractivity contribution is -0.125. The number of methoxy groups -OCH3 is 1. The van der Waals surface area contributed by atoms with E-state index in [4.69, 9.17) is 18.9 Å². The van der Waals surface area contributed by atoms with Gasteiger partial charge in [0.15, 0.2) is 0 Å². The van der Waals surface area contributed by atoms with E-state index in [-0.39, 0.29) is 35.6 Å². The SMILES string of the molecule is CO[C@H]1[C@H](C2(C)OC2CC=C(C)C)[C@]2(CC[C@H]1OC(=O)N[C@@H](C(=O)NCCN1CCCC1)C(C)C)CO2. The summed E-state index contributed by atoms with van der Waals surface area (Å²) in [5.41, 5.74) is 0.596. The van der Waals surface area contributed by atoms with Crippen LogP contribution in [0.2, 0.25) is 0 Å². The Balaban J connectivity index is 1.35. The number of nitrogens with zero attached hydrogens (tertiary/aromatic N) is 1. The van der Waals surface area contributed by atoms with Gasteiger partial charge in [0, 0.05) is 20.2 Å². The summed E-state index contributed by atoms with van der Waals surface area (Å²) < 4.78 is 24.1. The van der Waals surface area contributed by atoms with Crippen molar-refractivity contribution < 1.29 is 28.5 Å². The smallest absolute Gasteiger partial charge is 0.408 e. The lowest BCUT2D eigenvalue weighted by Gasteiger charge is -2.42. The third-order valence-electron chi connectivity index (χ3n) is 8.64. The summed E-state index contributed by atoms with van der Waals surface area (Å²) in [5.74, 6) is -0.293. The van der Waals surface area contributed by atoms with Crippen LogP contribution >= 0.6 is 0 Å². The van der Waals surface area contributed by atoms with E-state index in [1.807, 2.05) is 13.8 Å². The molecule has 9 nitrogen and oxygen atoms in total. The van der Waals surface area contributed by atoms with Gasteiger partial charge < -0.3 is 34.5 Å². The van der Waals surface area contributed by atoms with Crippen molar-refractivity contribution in [3.63, 3.8) is 0 Å². The van der Waals surface area contributed by atoms with E-state index >= 15 is 0 Å². The van der Waals surface area contributed by atoms with Crippen molar-refractivity contribution >= 4 is 12.0 Å². The van der Waals surface area contributed by atoms with E-state index in [2.05, 4.69) is 42.4 Å². The van der Waals surface area contributed by atoms with Gasteiger partial charge in [-0.25, -0.2) is 4.79 Å².